The number of methoxy groups -OCH3 is 1. The van der Waals surface area contributed by atoms with Crippen molar-refractivity contribution < 1.29 is 55.4 Å². The van der Waals surface area contributed by atoms with Crippen molar-refractivity contribution in [2.75, 3.05) is 17.7 Å². The number of halogens is 6. The number of aromatic hydroxyl groups is 1. The molecule has 24 heteroatoms. The second kappa shape index (κ2) is 15.5. The number of allylic oxidation sites excluding steroid dienone is 2. The van der Waals surface area contributed by atoms with Crippen molar-refractivity contribution in [3.8, 4) is 11.5 Å². The maximum absolute atomic E-state index is 13.5. The van der Waals surface area contributed by atoms with Crippen LogP contribution in [0.1, 0.15) is 66.9 Å². The number of nitrogens with one attached hydrogen (secondary N) is 2. The van der Waals surface area contributed by atoms with Crippen molar-refractivity contribution >= 4 is 57.6 Å². The number of nitrogens with zero attached hydrogens (tertiary/aromatic N) is 8. The number of aromatic nitrogens is 8. The monoisotopic (exact) mass is 830 g/mol. The topological polar surface area (TPSA) is 245 Å². The number of anilines is 2. The number of carbonyl (C=O) groups excluding carboxylic acids is 4. The third kappa shape index (κ3) is 8.08. The number of aryl methyl sites for hydroxylation is 2. The number of alkyl halides is 6. The lowest BCUT2D eigenvalue weighted by molar-refractivity contribution is -0.142. The van der Waals surface area contributed by atoms with E-state index in [0.717, 1.165) is 15.4 Å². The molecular weight excluding hydrogens is 798 g/mol. The molecule has 6 rings (SSSR count). The number of benzene rings is 2. The average Bonchev–Trinajstić information content (AvgIpc) is 3.95. The summed E-state index contributed by atoms with van der Waals surface area (Å²) in [6.07, 6.45) is -6.68. The van der Waals surface area contributed by atoms with E-state index in [1.807, 2.05) is 0 Å². The summed E-state index contributed by atoms with van der Waals surface area (Å²) in [7, 11) is 1.29. The third-order valence-electron chi connectivity index (χ3n) is 8.82. The molecule has 0 bridgehead atoms. The first-order chi connectivity index (χ1) is 27.7. The summed E-state index contributed by atoms with van der Waals surface area (Å²) < 4.78 is 90.7. The predicted octanol–water partition coefficient (Wildman–Crippen LogP) is 4.53. The summed E-state index contributed by atoms with van der Waals surface area (Å²) in [6, 6.07) is 6.06. The standard InChI is InChI=1S/C35H32F6N12O6/c1-4-52-20(14-24(48-52)34(36,37)38)30(57)46-32-44-18-10-16(28(42)55)12-22(54)26(18)50(32)8-6-7-9-51-27-19(11-17(29(43)56)13-23(27)59-3)45-33(51)47-31(58)21-15-25(35(39,40)41)49-53(21)5-2/h6-7,10-15,54H,4-5,8-9H2,1-3H3,(H2,42,55)(H2,43,56)(H,44,46,57)(H,45,47,58)/b7-6+. The zero-order valence-corrected chi connectivity index (χ0v) is 30.9. The quantitative estimate of drug-likeness (QED) is 0.0804. The van der Waals surface area contributed by atoms with Crippen LogP contribution in [0.25, 0.3) is 22.1 Å². The summed E-state index contributed by atoms with van der Waals surface area (Å²) in [5, 5.41) is 22.8. The summed E-state index contributed by atoms with van der Waals surface area (Å²) in [6.45, 7) is 2.42. The van der Waals surface area contributed by atoms with Crippen LogP contribution in [0.3, 0.4) is 0 Å². The summed E-state index contributed by atoms with van der Waals surface area (Å²) >= 11 is 0. The number of imidazole rings is 2. The smallest absolute Gasteiger partial charge is 0.435 e. The molecule has 310 valence electrons. The van der Waals surface area contributed by atoms with Crippen LogP contribution in [-0.4, -0.2) is 74.5 Å². The Morgan fingerprint density at radius 1 is 0.712 bits per heavy atom. The number of hydrogen-bond donors (Lipinski definition) is 5. The number of nitrogens with two attached hydrogens (primary N) is 2. The number of amides is 4. The van der Waals surface area contributed by atoms with E-state index in [2.05, 4.69) is 30.8 Å². The number of carbonyl (C=O) groups is 4. The Labute approximate surface area is 327 Å². The maximum atomic E-state index is 13.5. The first kappa shape index (κ1) is 41.2. The van der Waals surface area contributed by atoms with E-state index in [1.165, 1.54) is 60.4 Å². The fourth-order valence-corrected chi connectivity index (χ4v) is 6.11. The highest BCUT2D eigenvalue weighted by Crippen LogP contribution is 2.34. The first-order valence-electron chi connectivity index (χ1n) is 17.2. The summed E-state index contributed by atoms with van der Waals surface area (Å²) in [5.41, 5.74) is 7.53. The van der Waals surface area contributed by atoms with Crippen LogP contribution in [-0.2, 0) is 38.5 Å². The molecule has 0 radical (unpaired) electrons. The fourth-order valence-electron chi connectivity index (χ4n) is 6.11. The molecule has 18 nitrogen and oxygen atoms in total. The first-order valence-corrected chi connectivity index (χ1v) is 17.2. The Kier molecular flexibility index (Phi) is 10.8. The van der Waals surface area contributed by atoms with E-state index in [4.69, 9.17) is 16.2 Å². The Morgan fingerprint density at radius 3 is 1.54 bits per heavy atom. The van der Waals surface area contributed by atoms with Crippen LogP contribution in [0.2, 0.25) is 0 Å². The number of hydrogen-bond acceptors (Lipinski definition) is 10. The second-order valence-corrected chi connectivity index (χ2v) is 12.6. The summed E-state index contributed by atoms with van der Waals surface area (Å²) in [5.74, 6) is -4.67. The van der Waals surface area contributed by atoms with Crippen LogP contribution in [0.15, 0.2) is 48.6 Å². The van der Waals surface area contributed by atoms with Gasteiger partial charge in [-0.05, 0) is 38.1 Å². The molecule has 2 aromatic carbocycles. The summed E-state index contributed by atoms with van der Waals surface area (Å²) in [4.78, 5) is 59.6. The van der Waals surface area contributed by atoms with E-state index in [-0.39, 0.29) is 77.0 Å². The minimum absolute atomic E-state index is 0.0104. The molecule has 7 N–H and O–H groups in total. The molecule has 0 fully saturated rings. The lowest BCUT2D eigenvalue weighted by Gasteiger charge is -2.12. The van der Waals surface area contributed by atoms with Gasteiger partial charge in [-0.3, -0.25) is 39.2 Å². The van der Waals surface area contributed by atoms with Crippen molar-refractivity contribution in [1.29, 1.82) is 0 Å². The molecule has 0 atom stereocenters. The highest BCUT2D eigenvalue weighted by Gasteiger charge is 2.37. The van der Waals surface area contributed by atoms with E-state index >= 15 is 0 Å². The van der Waals surface area contributed by atoms with Gasteiger partial charge in [0.15, 0.2) is 11.4 Å². The van der Waals surface area contributed by atoms with Crippen molar-refractivity contribution in [3.05, 3.63) is 82.5 Å². The predicted molar refractivity (Wildman–Crippen MR) is 196 cm³/mol. The van der Waals surface area contributed by atoms with Gasteiger partial charge in [0.25, 0.3) is 11.8 Å². The number of primary amides is 2. The number of phenolic OH excluding ortho intramolecular Hbond substituents is 1. The molecule has 6 aromatic rings. The zero-order chi connectivity index (χ0) is 43.1. The minimum atomic E-state index is -4.85. The largest absolute Gasteiger partial charge is 0.506 e. The van der Waals surface area contributed by atoms with Crippen molar-refractivity contribution in [2.24, 2.45) is 11.5 Å². The minimum Gasteiger partial charge on any atom is -0.506 e. The normalized spacial score (nSPS) is 12.2. The van der Waals surface area contributed by atoms with Gasteiger partial charge in [0, 0.05) is 49.4 Å². The van der Waals surface area contributed by atoms with Gasteiger partial charge < -0.3 is 30.4 Å². The average molecular weight is 831 g/mol. The molecule has 0 aliphatic heterocycles. The second-order valence-electron chi connectivity index (χ2n) is 12.6. The van der Waals surface area contributed by atoms with Gasteiger partial charge in [0.05, 0.1) is 18.1 Å². The molecule has 0 aliphatic carbocycles. The van der Waals surface area contributed by atoms with Crippen LogP contribution in [0.4, 0.5) is 38.2 Å². The molecule has 0 spiro atoms. The molecule has 59 heavy (non-hydrogen) atoms. The Hall–Kier alpha value is -7.40. The van der Waals surface area contributed by atoms with Crippen LogP contribution >= 0.6 is 0 Å². The molecule has 4 heterocycles. The van der Waals surface area contributed by atoms with Crippen LogP contribution in [0.5, 0.6) is 11.5 Å². The number of rotatable bonds is 13. The van der Waals surface area contributed by atoms with Gasteiger partial charge in [-0.15, -0.1) is 0 Å². The van der Waals surface area contributed by atoms with Crippen LogP contribution in [0, 0.1) is 0 Å². The Morgan fingerprint density at radius 2 is 1.14 bits per heavy atom. The molecule has 0 aliphatic rings. The maximum Gasteiger partial charge on any atom is 0.435 e. The molecule has 0 unspecified atom stereocenters. The number of phenols is 1. The van der Waals surface area contributed by atoms with Gasteiger partial charge in [-0.1, -0.05) is 12.2 Å². The van der Waals surface area contributed by atoms with Gasteiger partial charge in [0.2, 0.25) is 23.7 Å². The van der Waals surface area contributed by atoms with Crippen molar-refractivity contribution in [3.63, 3.8) is 0 Å². The van der Waals surface area contributed by atoms with Crippen molar-refractivity contribution in [1.82, 2.24) is 38.7 Å². The Balaban J connectivity index is 1.39. The fraction of sp³-hybridized carbons (Fsp3) is 0.257. The molecule has 0 saturated carbocycles. The van der Waals surface area contributed by atoms with E-state index < -0.39 is 64.5 Å². The molecule has 0 saturated heterocycles. The van der Waals surface area contributed by atoms with Gasteiger partial charge in [-0.2, -0.15) is 36.5 Å². The number of ether oxygens (including phenoxy) is 1. The number of fused-ring (bicyclic) bond motifs is 2. The highest BCUT2D eigenvalue weighted by atomic mass is 19.4. The lowest BCUT2D eigenvalue weighted by atomic mass is 10.1. The SMILES string of the molecule is CCn1nc(C(F)(F)F)cc1C(=O)Nc1nc2cc(C(N)=O)cc(O)c2n1C/C=C/Cn1c(NC(=O)c2cc(C(F)(F)F)nn2CC)nc2cc(C(N)=O)cc(OC)c21. The van der Waals surface area contributed by atoms with Crippen molar-refractivity contribution in [2.45, 2.75) is 52.4 Å². The van der Waals surface area contributed by atoms with E-state index in [1.54, 1.807) is 0 Å². The van der Waals surface area contributed by atoms with E-state index in [9.17, 15) is 50.6 Å². The van der Waals surface area contributed by atoms with Gasteiger partial charge in [-0.25, -0.2) is 9.97 Å². The van der Waals surface area contributed by atoms with Gasteiger partial charge >= 0.3 is 12.4 Å². The molecular formula is C35H32F6N12O6. The van der Waals surface area contributed by atoms with Gasteiger partial charge in [0.1, 0.15) is 33.9 Å². The molecule has 4 amide bonds. The Bertz CT molecular complexity index is 2690. The zero-order valence-electron chi connectivity index (χ0n) is 30.9. The van der Waals surface area contributed by atoms with Crippen LogP contribution < -0.4 is 26.8 Å². The van der Waals surface area contributed by atoms with E-state index in [0.29, 0.717) is 12.1 Å². The highest BCUT2D eigenvalue weighted by molar-refractivity contribution is 6.05. The lowest BCUT2D eigenvalue weighted by Crippen LogP contribution is -2.20. The molecule has 4 aromatic heterocycles. The third-order valence-corrected chi connectivity index (χ3v) is 8.82.